The number of nitrogens with one attached hydrogen (secondary N) is 1. The molecule has 0 unspecified atom stereocenters. The number of benzene rings is 2. The lowest BCUT2D eigenvalue weighted by molar-refractivity contribution is 0.282. The molecule has 0 saturated carbocycles. The van der Waals surface area contributed by atoms with Crippen molar-refractivity contribution in [3.8, 4) is 17.1 Å². The van der Waals surface area contributed by atoms with E-state index in [9.17, 15) is 0 Å². The molecule has 0 aliphatic rings. The Balaban J connectivity index is 2.09. The van der Waals surface area contributed by atoms with Crippen LogP contribution in [0.15, 0.2) is 42.5 Å². The van der Waals surface area contributed by atoms with E-state index in [1.54, 1.807) is 7.11 Å². The van der Waals surface area contributed by atoms with Crippen molar-refractivity contribution in [1.29, 1.82) is 0 Å². The highest BCUT2D eigenvalue weighted by Gasteiger charge is 2.06. The number of aliphatic hydroxyl groups is 1. The summed E-state index contributed by atoms with van der Waals surface area (Å²) >= 11 is 0. The second-order valence-corrected chi connectivity index (χ2v) is 4.33. The molecule has 0 aliphatic carbocycles. The van der Waals surface area contributed by atoms with Crippen LogP contribution in [-0.4, -0.2) is 22.2 Å². The Bertz CT molecular complexity index is 719. The van der Waals surface area contributed by atoms with Crippen LogP contribution in [0.3, 0.4) is 0 Å². The third kappa shape index (κ3) is 2.18. The topological polar surface area (TPSA) is 58.1 Å². The van der Waals surface area contributed by atoms with E-state index in [2.05, 4.69) is 9.97 Å². The zero-order chi connectivity index (χ0) is 13.2. The number of aliphatic hydroxyl groups excluding tert-OH is 1. The number of nitrogens with zero attached hydrogens (tertiary/aromatic N) is 1. The molecule has 19 heavy (non-hydrogen) atoms. The minimum absolute atomic E-state index is 0.0312. The van der Waals surface area contributed by atoms with Gasteiger partial charge < -0.3 is 14.8 Å². The van der Waals surface area contributed by atoms with E-state index in [1.807, 2.05) is 42.5 Å². The first-order valence-electron chi connectivity index (χ1n) is 6.04. The maximum absolute atomic E-state index is 9.14. The minimum atomic E-state index is 0.0312. The first kappa shape index (κ1) is 11.7. The van der Waals surface area contributed by atoms with Gasteiger partial charge in [0.25, 0.3) is 0 Å². The van der Waals surface area contributed by atoms with Crippen molar-refractivity contribution in [3.05, 3.63) is 48.0 Å². The van der Waals surface area contributed by atoms with Gasteiger partial charge in [0.1, 0.15) is 11.6 Å². The van der Waals surface area contributed by atoms with Gasteiger partial charge >= 0.3 is 0 Å². The lowest BCUT2D eigenvalue weighted by atomic mass is 10.2. The van der Waals surface area contributed by atoms with Gasteiger partial charge in [-0.3, -0.25) is 0 Å². The molecule has 0 amide bonds. The molecule has 0 radical (unpaired) electrons. The van der Waals surface area contributed by atoms with Crippen LogP contribution in [0.5, 0.6) is 5.75 Å². The van der Waals surface area contributed by atoms with Crippen molar-refractivity contribution in [3.63, 3.8) is 0 Å². The molecule has 0 fully saturated rings. The quantitative estimate of drug-likeness (QED) is 0.755. The summed E-state index contributed by atoms with van der Waals surface area (Å²) in [7, 11) is 1.64. The lowest BCUT2D eigenvalue weighted by Crippen LogP contribution is -1.84. The van der Waals surface area contributed by atoms with Gasteiger partial charge in [-0.1, -0.05) is 18.2 Å². The second-order valence-electron chi connectivity index (χ2n) is 4.33. The maximum Gasteiger partial charge on any atom is 0.138 e. The summed E-state index contributed by atoms with van der Waals surface area (Å²) in [6, 6.07) is 13.4. The highest BCUT2D eigenvalue weighted by molar-refractivity contribution is 5.80. The Hall–Kier alpha value is -2.33. The molecule has 0 spiro atoms. The summed E-state index contributed by atoms with van der Waals surface area (Å²) in [6.07, 6.45) is 0. The van der Waals surface area contributed by atoms with Crippen LogP contribution in [0.4, 0.5) is 0 Å². The fourth-order valence-corrected chi connectivity index (χ4v) is 2.06. The molecule has 1 aromatic heterocycles. The van der Waals surface area contributed by atoms with Crippen LogP contribution < -0.4 is 4.74 Å². The van der Waals surface area contributed by atoms with Crippen molar-refractivity contribution in [2.24, 2.45) is 0 Å². The molecule has 1 heterocycles. The van der Waals surface area contributed by atoms with Crippen molar-refractivity contribution in [1.82, 2.24) is 9.97 Å². The molecule has 96 valence electrons. The molecule has 3 aromatic rings. The van der Waals surface area contributed by atoms with Gasteiger partial charge in [-0.2, -0.15) is 0 Å². The summed E-state index contributed by atoms with van der Waals surface area (Å²) in [5.41, 5.74) is 3.65. The normalized spacial score (nSPS) is 10.8. The largest absolute Gasteiger partial charge is 0.497 e. The van der Waals surface area contributed by atoms with E-state index in [4.69, 9.17) is 9.84 Å². The summed E-state index contributed by atoms with van der Waals surface area (Å²) in [4.78, 5) is 7.80. The van der Waals surface area contributed by atoms with Crippen LogP contribution in [0, 0.1) is 0 Å². The number of ether oxygens (including phenoxy) is 1. The van der Waals surface area contributed by atoms with Crippen LogP contribution in [0.25, 0.3) is 22.4 Å². The fraction of sp³-hybridized carbons (Fsp3) is 0.133. The van der Waals surface area contributed by atoms with Crippen LogP contribution >= 0.6 is 0 Å². The summed E-state index contributed by atoms with van der Waals surface area (Å²) in [5, 5.41) is 9.14. The molecule has 3 rings (SSSR count). The van der Waals surface area contributed by atoms with Crippen LogP contribution in [0.2, 0.25) is 0 Å². The van der Waals surface area contributed by atoms with Crippen molar-refractivity contribution >= 4 is 11.0 Å². The number of aromatic nitrogens is 2. The Morgan fingerprint density at radius 2 is 2.11 bits per heavy atom. The van der Waals surface area contributed by atoms with Gasteiger partial charge in [-0.15, -0.1) is 0 Å². The molecular weight excluding hydrogens is 240 g/mol. The van der Waals surface area contributed by atoms with Gasteiger partial charge in [-0.25, -0.2) is 4.98 Å². The number of hydrogen-bond donors (Lipinski definition) is 2. The number of hydrogen-bond acceptors (Lipinski definition) is 3. The average Bonchev–Trinajstić information content (AvgIpc) is 2.90. The van der Waals surface area contributed by atoms with E-state index in [1.165, 1.54) is 0 Å². The van der Waals surface area contributed by atoms with Crippen molar-refractivity contribution in [2.75, 3.05) is 7.11 Å². The molecule has 2 N–H and O–H groups in total. The third-order valence-corrected chi connectivity index (χ3v) is 3.07. The number of aromatic amines is 1. The van der Waals surface area contributed by atoms with Crippen LogP contribution in [-0.2, 0) is 6.61 Å². The Morgan fingerprint density at radius 3 is 2.89 bits per heavy atom. The number of rotatable bonds is 3. The zero-order valence-corrected chi connectivity index (χ0v) is 10.6. The van der Waals surface area contributed by atoms with E-state index >= 15 is 0 Å². The first-order valence-corrected chi connectivity index (χ1v) is 6.04. The van der Waals surface area contributed by atoms with Gasteiger partial charge in [0, 0.05) is 5.56 Å². The summed E-state index contributed by atoms with van der Waals surface area (Å²) in [6.45, 7) is 0.0312. The number of imidazole rings is 1. The molecule has 4 heteroatoms. The number of H-pyrrole nitrogens is 1. The molecule has 0 atom stereocenters. The second kappa shape index (κ2) is 4.74. The Kier molecular flexibility index (Phi) is 2.93. The van der Waals surface area contributed by atoms with Crippen LogP contribution in [0.1, 0.15) is 5.56 Å². The smallest absolute Gasteiger partial charge is 0.138 e. The molecule has 0 aliphatic heterocycles. The highest BCUT2D eigenvalue weighted by atomic mass is 16.5. The summed E-state index contributed by atoms with van der Waals surface area (Å²) < 4.78 is 5.21. The SMILES string of the molecule is COc1cccc(-c2nc3ccc(CO)cc3[nH]2)c1. The molecule has 0 saturated heterocycles. The van der Waals surface area contributed by atoms with Gasteiger partial charge in [-0.05, 0) is 29.8 Å². The van der Waals surface area contributed by atoms with Gasteiger partial charge in [0.15, 0.2) is 0 Å². The molecule has 0 bridgehead atoms. The van der Waals surface area contributed by atoms with Crippen molar-refractivity contribution in [2.45, 2.75) is 6.61 Å². The summed E-state index contributed by atoms with van der Waals surface area (Å²) in [5.74, 6) is 1.60. The van der Waals surface area contributed by atoms with E-state index in [-0.39, 0.29) is 6.61 Å². The third-order valence-electron chi connectivity index (χ3n) is 3.07. The highest BCUT2D eigenvalue weighted by Crippen LogP contribution is 2.24. The van der Waals surface area contributed by atoms with E-state index in [0.29, 0.717) is 0 Å². The van der Waals surface area contributed by atoms with Crippen molar-refractivity contribution < 1.29 is 9.84 Å². The van der Waals surface area contributed by atoms with Gasteiger partial charge in [0.05, 0.1) is 24.8 Å². The molecule has 2 aromatic carbocycles. The van der Waals surface area contributed by atoms with E-state index in [0.717, 1.165) is 33.7 Å². The molecular formula is C15H14N2O2. The average molecular weight is 254 g/mol. The minimum Gasteiger partial charge on any atom is -0.497 e. The lowest BCUT2D eigenvalue weighted by Gasteiger charge is -2.01. The predicted octanol–water partition coefficient (Wildman–Crippen LogP) is 2.73. The first-order chi connectivity index (χ1) is 9.30. The Morgan fingerprint density at radius 1 is 1.21 bits per heavy atom. The zero-order valence-electron chi connectivity index (χ0n) is 10.6. The fourth-order valence-electron chi connectivity index (χ4n) is 2.06. The standard InChI is InChI=1S/C15H14N2O2/c1-19-12-4-2-3-11(8-12)15-16-13-6-5-10(9-18)7-14(13)17-15/h2-8,18H,9H2,1H3,(H,16,17). The predicted molar refractivity (Wildman–Crippen MR) is 74.0 cm³/mol. The maximum atomic E-state index is 9.14. The number of fused-ring (bicyclic) bond motifs is 1. The number of methoxy groups -OCH3 is 1. The van der Waals surface area contributed by atoms with E-state index < -0.39 is 0 Å². The Labute approximate surface area is 110 Å². The van der Waals surface area contributed by atoms with Gasteiger partial charge in [0.2, 0.25) is 0 Å². The molecule has 4 nitrogen and oxygen atoms in total. The monoisotopic (exact) mass is 254 g/mol.